The van der Waals surface area contributed by atoms with E-state index >= 15 is 0 Å². The minimum absolute atomic E-state index is 0.255. The van der Waals surface area contributed by atoms with Gasteiger partial charge in [-0.1, -0.05) is 60.7 Å². The van der Waals surface area contributed by atoms with Crippen LogP contribution in [0, 0.1) is 0 Å². The number of imidazole rings is 1. The molecule has 0 aliphatic rings. The lowest BCUT2D eigenvalue weighted by Gasteiger charge is -2.19. The van der Waals surface area contributed by atoms with Crippen molar-refractivity contribution in [2.24, 2.45) is 0 Å². The highest BCUT2D eigenvalue weighted by molar-refractivity contribution is 5.70. The van der Waals surface area contributed by atoms with Gasteiger partial charge in [0.1, 0.15) is 12.7 Å². The quantitative estimate of drug-likeness (QED) is 0.347. The van der Waals surface area contributed by atoms with E-state index in [1.807, 2.05) is 71.4 Å². The maximum absolute atomic E-state index is 12.3. The van der Waals surface area contributed by atoms with Gasteiger partial charge in [0.2, 0.25) is 0 Å². The fourth-order valence-corrected chi connectivity index (χ4v) is 3.03. The number of rotatable bonds is 11. The molecule has 0 amide bonds. The van der Waals surface area contributed by atoms with E-state index in [1.54, 1.807) is 12.5 Å². The van der Waals surface area contributed by atoms with Crippen LogP contribution in [0.1, 0.15) is 42.9 Å². The van der Waals surface area contributed by atoms with Gasteiger partial charge in [-0.05, 0) is 24.0 Å². The highest BCUT2D eigenvalue weighted by atomic mass is 16.5. The molecule has 1 aromatic heterocycles. The predicted octanol–water partition coefficient (Wildman–Crippen LogP) is 4.47. The van der Waals surface area contributed by atoms with Crippen molar-refractivity contribution in [3.8, 4) is 0 Å². The van der Waals surface area contributed by atoms with Crippen molar-refractivity contribution >= 4 is 11.9 Å². The van der Waals surface area contributed by atoms with Crippen molar-refractivity contribution in [1.82, 2.24) is 9.55 Å². The number of unbranched alkanes of at least 4 members (excludes halogenated alkanes) is 1. The Morgan fingerprint density at radius 3 is 2.23 bits per heavy atom. The monoisotopic (exact) mass is 406 g/mol. The van der Waals surface area contributed by atoms with Crippen LogP contribution in [0.25, 0.3) is 0 Å². The summed E-state index contributed by atoms with van der Waals surface area (Å²) in [5.74, 6) is -0.531. The summed E-state index contributed by atoms with van der Waals surface area (Å²) in [5.41, 5.74) is 1.89. The first-order valence-electron chi connectivity index (χ1n) is 10.1. The zero-order chi connectivity index (χ0) is 21.0. The van der Waals surface area contributed by atoms with Crippen molar-refractivity contribution in [2.75, 3.05) is 0 Å². The summed E-state index contributed by atoms with van der Waals surface area (Å²) in [6, 6.07) is 19.2. The molecule has 0 aliphatic heterocycles. The largest absolute Gasteiger partial charge is 0.461 e. The molecule has 0 spiro atoms. The zero-order valence-corrected chi connectivity index (χ0v) is 16.9. The summed E-state index contributed by atoms with van der Waals surface area (Å²) in [6.07, 6.45) is 6.56. The molecule has 0 saturated carbocycles. The minimum atomic E-state index is -0.385. The van der Waals surface area contributed by atoms with E-state index in [2.05, 4.69) is 4.98 Å². The lowest BCUT2D eigenvalue weighted by atomic mass is 10.1. The number of esters is 2. The molecule has 1 atom stereocenters. The molecule has 0 N–H and O–H groups in total. The average Bonchev–Trinajstić information content (AvgIpc) is 3.29. The van der Waals surface area contributed by atoms with Gasteiger partial charge < -0.3 is 14.0 Å². The maximum Gasteiger partial charge on any atom is 0.306 e. The van der Waals surface area contributed by atoms with Gasteiger partial charge in [-0.3, -0.25) is 9.59 Å². The second kappa shape index (κ2) is 11.6. The Kier molecular flexibility index (Phi) is 8.21. The Balaban J connectivity index is 1.39. The summed E-state index contributed by atoms with van der Waals surface area (Å²) in [7, 11) is 0. The second-order valence-corrected chi connectivity index (χ2v) is 7.00. The van der Waals surface area contributed by atoms with Crippen LogP contribution in [0.4, 0.5) is 0 Å². The number of hydrogen-bond acceptors (Lipinski definition) is 5. The first-order valence-corrected chi connectivity index (χ1v) is 10.1. The van der Waals surface area contributed by atoms with Gasteiger partial charge in [-0.15, -0.1) is 0 Å². The summed E-state index contributed by atoms with van der Waals surface area (Å²) in [4.78, 5) is 28.2. The summed E-state index contributed by atoms with van der Waals surface area (Å²) in [6.45, 7) is 0.774. The lowest BCUT2D eigenvalue weighted by Crippen LogP contribution is -2.16. The minimum Gasteiger partial charge on any atom is -0.461 e. The first-order chi connectivity index (χ1) is 14.7. The molecule has 2 aromatic carbocycles. The molecule has 0 radical (unpaired) electrons. The van der Waals surface area contributed by atoms with Gasteiger partial charge in [0, 0.05) is 25.2 Å². The Bertz CT molecular complexity index is 895. The lowest BCUT2D eigenvalue weighted by molar-refractivity contribution is -0.151. The van der Waals surface area contributed by atoms with Crippen molar-refractivity contribution < 1.29 is 19.1 Å². The molecule has 0 aliphatic carbocycles. The molecule has 0 bridgehead atoms. The van der Waals surface area contributed by atoms with E-state index < -0.39 is 0 Å². The number of hydrogen-bond donors (Lipinski definition) is 0. The fraction of sp³-hybridized carbons (Fsp3) is 0.292. The van der Waals surface area contributed by atoms with E-state index in [4.69, 9.17) is 9.47 Å². The van der Waals surface area contributed by atoms with Crippen LogP contribution >= 0.6 is 0 Å². The second-order valence-electron chi connectivity index (χ2n) is 7.00. The molecular formula is C24H26N2O4. The first kappa shape index (κ1) is 21.3. The third-order valence-electron chi connectivity index (χ3n) is 4.64. The number of ether oxygens (including phenoxy) is 2. The van der Waals surface area contributed by atoms with Crippen molar-refractivity contribution in [2.45, 2.75) is 44.9 Å². The number of benzene rings is 2. The zero-order valence-electron chi connectivity index (χ0n) is 16.9. The van der Waals surface area contributed by atoms with Crippen LogP contribution < -0.4 is 0 Å². The molecule has 6 heteroatoms. The van der Waals surface area contributed by atoms with Gasteiger partial charge in [0.05, 0.1) is 12.9 Å². The summed E-state index contributed by atoms with van der Waals surface area (Å²) in [5, 5.41) is 0. The van der Waals surface area contributed by atoms with Gasteiger partial charge in [0.25, 0.3) is 0 Å². The Hall–Kier alpha value is -3.41. The molecule has 0 saturated heterocycles. The highest BCUT2D eigenvalue weighted by Crippen LogP contribution is 2.21. The molecule has 3 rings (SSSR count). The predicted molar refractivity (Wildman–Crippen MR) is 112 cm³/mol. The van der Waals surface area contributed by atoms with Crippen LogP contribution in [-0.4, -0.2) is 21.5 Å². The molecule has 0 fully saturated rings. The molecule has 156 valence electrons. The standard InChI is InChI=1S/C24H26N2O4/c27-23(29-18-20-9-3-1-4-10-20)13-7-8-14-24(28)30-22(17-26-16-15-25-19-26)21-11-5-2-6-12-21/h1-6,9-12,15-16,19,22H,7-8,13-14,17-18H2. The third-order valence-corrected chi connectivity index (χ3v) is 4.64. The fourth-order valence-electron chi connectivity index (χ4n) is 3.03. The number of aromatic nitrogens is 2. The molecular weight excluding hydrogens is 380 g/mol. The highest BCUT2D eigenvalue weighted by Gasteiger charge is 2.17. The van der Waals surface area contributed by atoms with Crippen LogP contribution in [0.3, 0.4) is 0 Å². The van der Waals surface area contributed by atoms with E-state index in [0.29, 0.717) is 19.4 Å². The summed E-state index contributed by atoms with van der Waals surface area (Å²) >= 11 is 0. The van der Waals surface area contributed by atoms with Crippen molar-refractivity contribution in [3.63, 3.8) is 0 Å². The van der Waals surface area contributed by atoms with Gasteiger partial charge >= 0.3 is 11.9 Å². The van der Waals surface area contributed by atoms with Crippen LogP contribution in [0.2, 0.25) is 0 Å². The van der Waals surface area contributed by atoms with Crippen molar-refractivity contribution in [1.29, 1.82) is 0 Å². The van der Waals surface area contributed by atoms with Crippen LogP contribution in [0.15, 0.2) is 79.4 Å². The molecule has 1 heterocycles. The van der Waals surface area contributed by atoms with E-state index in [1.165, 1.54) is 0 Å². The van der Waals surface area contributed by atoms with Gasteiger partial charge in [0.15, 0.2) is 0 Å². The SMILES string of the molecule is O=C(CCCCC(=O)OC(Cn1ccnc1)c1ccccc1)OCc1ccccc1. The van der Waals surface area contributed by atoms with E-state index in [-0.39, 0.29) is 37.5 Å². The topological polar surface area (TPSA) is 70.4 Å². The van der Waals surface area contributed by atoms with E-state index in [0.717, 1.165) is 11.1 Å². The average molecular weight is 406 g/mol. The smallest absolute Gasteiger partial charge is 0.306 e. The Morgan fingerprint density at radius 2 is 1.57 bits per heavy atom. The van der Waals surface area contributed by atoms with Crippen LogP contribution in [0.5, 0.6) is 0 Å². The van der Waals surface area contributed by atoms with Gasteiger partial charge in [-0.25, -0.2) is 4.98 Å². The third kappa shape index (κ3) is 7.20. The Morgan fingerprint density at radius 1 is 0.900 bits per heavy atom. The van der Waals surface area contributed by atoms with E-state index in [9.17, 15) is 9.59 Å². The number of nitrogens with zero attached hydrogens (tertiary/aromatic N) is 2. The normalized spacial score (nSPS) is 11.6. The number of carbonyl (C=O) groups excluding carboxylic acids is 2. The molecule has 1 unspecified atom stereocenters. The molecule has 3 aromatic rings. The van der Waals surface area contributed by atoms with Crippen LogP contribution in [-0.2, 0) is 32.2 Å². The maximum atomic E-state index is 12.3. The van der Waals surface area contributed by atoms with Gasteiger partial charge in [-0.2, -0.15) is 0 Å². The number of carbonyl (C=O) groups is 2. The molecule has 30 heavy (non-hydrogen) atoms. The summed E-state index contributed by atoms with van der Waals surface area (Å²) < 4.78 is 12.9. The molecule has 6 nitrogen and oxygen atoms in total. The Labute approximate surface area is 176 Å². The van der Waals surface area contributed by atoms with Crippen molar-refractivity contribution in [3.05, 3.63) is 90.5 Å².